The third-order valence-corrected chi connectivity index (χ3v) is 4.02. The topological polar surface area (TPSA) is 106 Å². The van der Waals surface area contributed by atoms with Gasteiger partial charge < -0.3 is 14.6 Å². The highest BCUT2D eigenvalue weighted by molar-refractivity contribution is 6.33. The molecule has 0 bridgehead atoms. The Bertz CT molecular complexity index is 1010. The first kappa shape index (κ1) is 16.7. The minimum absolute atomic E-state index is 0.120. The number of H-pyrrole nitrogens is 1. The van der Waals surface area contributed by atoms with Crippen LogP contribution in [0.5, 0.6) is 0 Å². The van der Waals surface area contributed by atoms with Crippen molar-refractivity contribution in [3.63, 3.8) is 0 Å². The number of nitrogens with one attached hydrogen (secondary N) is 2. The van der Waals surface area contributed by atoms with Crippen molar-refractivity contribution in [1.82, 2.24) is 20.1 Å². The van der Waals surface area contributed by atoms with Gasteiger partial charge in [-0.25, -0.2) is 9.89 Å². The maximum Gasteiger partial charge on any atom is 0.341 e. The van der Waals surface area contributed by atoms with E-state index in [1.54, 1.807) is 18.2 Å². The van der Waals surface area contributed by atoms with Gasteiger partial charge in [0.15, 0.2) is 0 Å². The second-order valence-corrected chi connectivity index (χ2v) is 5.54. The average molecular weight is 361 g/mol. The van der Waals surface area contributed by atoms with E-state index in [1.165, 1.54) is 31.1 Å². The van der Waals surface area contributed by atoms with Gasteiger partial charge in [-0.2, -0.15) is 5.10 Å². The predicted octanol–water partition coefficient (Wildman–Crippen LogP) is 1.46. The molecule has 9 heteroatoms. The van der Waals surface area contributed by atoms with Gasteiger partial charge in [-0.05, 0) is 18.2 Å². The summed E-state index contributed by atoms with van der Waals surface area (Å²) in [5.41, 5.74) is 0.928. The van der Waals surface area contributed by atoms with Crippen LogP contribution in [0.25, 0.3) is 16.9 Å². The molecule has 0 aliphatic carbocycles. The molecule has 2 heterocycles. The summed E-state index contributed by atoms with van der Waals surface area (Å²) in [5, 5.41) is 8.95. The van der Waals surface area contributed by atoms with Gasteiger partial charge in [0, 0.05) is 25.1 Å². The Kier molecular flexibility index (Phi) is 4.28. The van der Waals surface area contributed by atoms with Crippen molar-refractivity contribution in [2.75, 3.05) is 14.2 Å². The molecule has 0 radical (unpaired) electrons. The van der Waals surface area contributed by atoms with Crippen molar-refractivity contribution >= 4 is 23.5 Å². The fourth-order valence-corrected chi connectivity index (χ4v) is 2.63. The van der Waals surface area contributed by atoms with Crippen molar-refractivity contribution in [2.45, 2.75) is 0 Å². The first-order valence-electron chi connectivity index (χ1n) is 7.17. The quantitative estimate of drug-likeness (QED) is 0.688. The summed E-state index contributed by atoms with van der Waals surface area (Å²) in [4.78, 5) is 35.9. The highest BCUT2D eigenvalue weighted by Gasteiger charge is 2.22. The monoisotopic (exact) mass is 360 g/mol. The molecule has 1 amide bonds. The van der Waals surface area contributed by atoms with Crippen molar-refractivity contribution in [3.8, 4) is 16.9 Å². The largest absolute Gasteiger partial charge is 0.465 e. The number of halogens is 1. The van der Waals surface area contributed by atoms with E-state index >= 15 is 0 Å². The Morgan fingerprint density at radius 2 is 2.04 bits per heavy atom. The maximum absolute atomic E-state index is 12.0. The second-order valence-electron chi connectivity index (χ2n) is 5.13. The number of hydrogen-bond donors (Lipinski definition) is 2. The van der Waals surface area contributed by atoms with Crippen LogP contribution in [0.3, 0.4) is 0 Å². The zero-order valence-electron chi connectivity index (χ0n) is 13.3. The number of ether oxygens (including phenoxy) is 1. The van der Waals surface area contributed by atoms with Gasteiger partial charge in [-0.3, -0.25) is 9.59 Å². The first-order chi connectivity index (χ1) is 12.0. The Morgan fingerprint density at radius 1 is 1.28 bits per heavy atom. The van der Waals surface area contributed by atoms with Crippen LogP contribution >= 0.6 is 11.6 Å². The standard InChI is InChI=1S/C16H13ClN4O4/c1-18-14(22)9-5-8(3-4-12(9)17)21-6-10-13(19-20-15(10)23)11(7-21)16(24)25-2/h3-7H,1-2H3,(H,18,22)(H,20,23). The third-order valence-electron chi connectivity index (χ3n) is 3.69. The fraction of sp³-hybridized carbons (Fsp3) is 0.125. The van der Waals surface area contributed by atoms with Gasteiger partial charge in [-0.1, -0.05) is 11.6 Å². The number of carbonyl (C=O) groups excluding carboxylic acids is 2. The highest BCUT2D eigenvalue weighted by Crippen LogP contribution is 2.25. The number of amides is 1. The average Bonchev–Trinajstić information content (AvgIpc) is 3.01. The van der Waals surface area contributed by atoms with Crippen molar-refractivity contribution in [1.29, 1.82) is 0 Å². The molecule has 1 aromatic rings. The normalized spacial score (nSPS) is 10.7. The molecule has 128 valence electrons. The van der Waals surface area contributed by atoms with Gasteiger partial charge in [0.05, 0.1) is 23.3 Å². The number of aromatic amines is 1. The summed E-state index contributed by atoms with van der Waals surface area (Å²) in [5.74, 6) is -0.985. The zero-order valence-corrected chi connectivity index (χ0v) is 14.0. The maximum atomic E-state index is 12.0. The van der Waals surface area contributed by atoms with Gasteiger partial charge >= 0.3 is 5.97 Å². The van der Waals surface area contributed by atoms with Crippen LogP contribution in [0.15, 0.2) is 35.4 Å². The number of benzene rings is 1. The third kappa shape index (κ3) is 2.87. The minimum atomic E-state index is -0.633. The van der Waals surface area contributed by atoms with Crippen molar-refractivity contribution in [2.24, 2.45) is 0 Å². The number of fused-ring (bicyclic) bond motifs is 1. The lowest BCUT2D eigenvalue weighted by atomic mass is 10.1. The Labute approximate surface area is 146 Å². The van der Waals surface area contributed by atoms with E-state index in [9.17, 15) is 14.4 Å². The Balaban J connectivity index is 2.24. The van der Waals surface area contributed by atoms with Crippen molar-refractivity contribution < 1.29 is 14.3 Å². The molecule has 1 aromatic carbocycles. The van der Waals surface area contributed by atoms with Crippen LogP contribution in [0, 0.1) is 0 Å². The Morgan fingerprint density at radius 3 is 2.72 bits per heavy atom. The molecule has 0 atom stereocenters. The Hall–Kier alpha value is -3.13. The molecule has 0 aromatic heterocycles. The number of aromatic nitrogens is 3. The van der Waals surface area contributed by atoms with Gasteiger partial charge in [0.2, 0.25) is 0 Å². The SMILES string of the molecule is CNC(=O)c1cc(-n2cc(C(=O)OC)c3n[nH]c(=O)c-3c2)ccc1Cl. The van der Waals surface area contributed by atoms with Crippen LogP contribution in [-0.4, -0.2) is 40.8 Å². The van der Waals surface area contributed by atoms with Crippen molar-refractivity contribution in [3.05, 3.63) is 57.1 Å². The summed E-state index contributed by atoms with van der Waals surface area (Å²) in [6.07, 6.45) is 3.00. The van der Waals surface area contributed by atoms with E-state index in [2.05, 4.69) is 15.5 Å². The van der Waals surface area contributed by atoms with Crippen LogP contribution < -0.4 is 10.9 Å². The number of methoxy groups -OCH3 is 1. The lowest BCUT2D eigenvalue weighted by Gasteiger charge is -2.13. The molecule has 2 aliphatic heterocycles. The molecule has 2 aliphatic rings. The van der Waals surface area contributed by atoms with E-state index in [0.29, 0.717) is 5.69 Å². The number of nitrogens with zero attached hydrogens (tertiary/aromatic N) is 2. The van der Waals surface area contributed by atoms with Crippen LogP contribution in [0.2, 0.25) is 5.02 Å². The fourth-order valence-electron chi connectivity index (χ4n) is 2.43. The zero-order chi connectivity index (χ0) is 18.1. The van der Waals surface area contributed by atoms with Gasteiger partial charge in [0.25, 0.3) is 11.5 Å². The summed E-state index contributed by atoms with van der Waals surface area (Å²) in [6.45, 7) is 0. The van der Waals surface area contributed by atoms with E-state index in [0.717, 1.165) is 0 Å². The molecule has 25 heavy (non-hydrogen) atoms. The molecule has 0 unspecified atom stereocenters. The molecule has 2 N–H and O–H groups in total. The summed E-state index contributed by atoms with van der Waals surface area (Å²) >= 11 is 6.06. The molecule has 3 rings (SSSR count). The van der Waals surface area contributed by atoms with Gasteiger partial charge in [0.1, 0.15) is 11.3 Å². The van der Waals surface area contributed by atoms with Crippen LogP contribution in [-0.2, 0) is 4.74 Å². The smallest absolute Gasteiger partial charge is 0.341 e. The first-order valence-corrected chi connectivity index (χ1v) is 7.54. The second kappa shape index (κ2) is 6.40. The molecule has 0 saturated heterocycles. The molecular weight excluding hydrogens is 348 g/mol. The summed E-state index contributed by atoms with van der Waals surface area (Å²) in [6, 6.07) is 4.77. The molecule has 8 nitrogen and oxygen atoms in total. The molecule has 0 fully saturated rings. The lowest BCUT2D eigenvalue weighted by molar-refractivity contribution is 0.0600. The van der Waals surface area contributed by atoms with Gasteiger partial charge in [-0.15, -0.1) is 0 Å². The van der Waals surface area contributed by atoms with E-state index < -0.39 is 11.5 Å². The molecule has 0 saturated carbocycles. The lowest BCUT2D eigenvalue weighted by Crippen LogP contribution is -2.18. The van der Waals surface area contributed by atoms with Crippen LogP contribution in [0.4, 0.5) is 0 Å². The van der Waals surface area contributed by atoms with E-state index in [1.807, 2.05) is 0 Å². The molecular formula is C16H13ClN4O4. The number of pyridine rings is 1. The predicted molar refractivity (Wildman–Crippen MR) is 90.5 cm³/mol. The van der Waals surface area contributed by atoms with Crippen LogP contribution in [0.1, 0.15) is 20.7 Å². The van der Waals surface area contributed by atoms with E-state index in [4.69, 9.17) is 16.3 Å². The minimum Gasteiger partial charge on any atom is -0.465 e. The number of carbonyl (C=O) groups is 2. The number of esters is 1. The highest BCUT2D eigenvalue weighted by atomic mass is 35.5. The van der Waals surface area contributed by atoms with E-state index in [-0.39, 0.29) is 33.3 Å². The summed E-state index contributed by atoms with van der Waals surface area (Å²) < 4.78 is 6.29. The summed E-state index contributed by atoms with van der Waals surface area (Å²) in [7, 11) is 2.73. The number of hydrogen-bond acceptors (Lipinski definition) is 5. The number of rotatable bonds is 3. The molecule has 0 spiro atoms.